The van der Waals surface area contributed by atoms with Gasteiger partial charge in [-0.05, 0) is 36.4 Å². The second-order valence-electron chi connectivity index (χ2n) is 4.65. The number of thiophene rings is 1. The lowest BCUT2D eigenvalue weighted by atomic mass is 10.4. The molecule has 118 valence electrons. The van der Waals surface area contributed by atoms with Gasteiger partial charge in [0, 0.05) is 25.5 Å². The van der Waals surface area contributed by atoms with Crippen LogP contribution in [0.15, 0.2) is 48.8 Å². The summed E-state index contributed by atoms with van der Waals surface area (Å²) in [5.41, 5.74) is 0. The van der Waals surface area contributed by atoms with Crippen molar-refractivity contribution in [2.75, 3.05) is 18.4 Å². The normalized spacial score (nSPS) is 10.5. The Labute approximate surface area is 142 Å². The zero-order valence-electron chi connectivity index (χ0n) is 12.1. The van der Waals surface area contributed by atoms with E-state index in [1.807, 2.05) is 41.2 Å². The maximum absolute atomic E-state index is 11.8. The summed E-state index contributed by atoms with van der Waals surface area (Å²) in [6.45, 7) is 1.04. The molecule has 0 unspecified atom stereocenters. The highest BCUT2D eigenvalue weighted by Crippen LogP contribution is 2.20. The largest absolute Gasteiger partial charge is 0.367 e. The number of hydrogen-bond donors (Lipinski definition) is 2. The lowest BCUT2D eigenvalue weighted by molar-refractivity contribution is 0.0959. The molecule has 0 radical (unpaired) electrons. The van der Waals surface area contributed by atoms with Crippen molar-refractivity contribution in [2.24, 2.45) is 0 Å². The van der Waals surface area contributed by atoms with E-state index in [1.54, 1.807) is 12.1 Å². The molecular weight excluding hydrogens is 334 g/mol. The van der Waals surface area contributed by atoms with Crippen LogP contribution in [0.5, 0.6) is 0 Å². The molecule has 0 atom stereocenters. The minimum atomic E-state index is -0.127. The Balaban J connectivity index is 1.45. The zero-order chi connectivity index (χ0) is 16.1. The first kappa shape index (κ1) is 15.5. The fourth-order valence-electron chi connectivity index (χ4n) is 1.93. The summed E-state index contributed by atoms with van der Waals surface area (Å²) in [4.78, 5) is 12.4. The predicted molar refractivity (Wildman–Crippen MR) is 91.5 cm³/mol. The highest BCUT2D eigenvalue weighted by atomic mass is 35.5. The van der Waals surface area contributed by atoms with E-state index in [1.165, 1.54) is 11.3 Å². The van der Waals surface area contributed by atoms with Gasteiger partial charge in [-0.2, -0.15) is 0 Å². The molecule has 3 rings (SSSR count). The summed E-state index contributed by atoms with van der Waals surface area (Å²) in [5.74, 6) is 1.29. The van der Waals surface area contributed by atoms with Gasteiger partial charge in [0.2, 0.25) is 0 Å². The van der Waals surface area contributed by atoms with E-state index >= 15 is 0 Å². The molecule has 3 heterocycles. The van der Waals surface area contributed by atoms with Crippen LogP contribution in [0.25, 0.3) is 5.82 Å². The van der Waals surface area contributed by atoms with Crippen molar-refractivity contribution in [2.45, 2.75) is 0 Å². The van der Waals surface area contributed by atoms with Crippen LogP contribution < -0.4 is 10.6 Å². The Kier molecular flexibility index (Phi) is 4.89. The van der Waals surface area contributed by atoms with Crippen LogP contribution in [-0.4, -0.2) is 33.8 Å². The van der Waals surface area contributed by atoms with E-state index in [0.29, 0.717) is 28.1 Å². The third-order valence-corrected chi connectivity index (χ3v) is 4.26. The number of nitrogens with zero attached hydrogens (tertiary/aromatic N) is 3. The topological polar surface area (TPSA) is 71.8 Å². The first-order chi connectivity index (χ1) is 11.2. The minimum Gasteiger partial charge on any atom is -0.367 e. The summed E-state index contributed by atoms with van der Waals surface area (Å²) >= 11 is 7.06. The van der Waals surface area contributed by atoms with Gasteiger partial charge in [-0.1, -0.05) is 11.6 Å². The van der Waals surface area contributed by atoms with Crippen molar-refractivity contribution >= 4 is 34.7 Å². The number of halogens is 1. The molecule has 0 aliphatic carbocycles. The Hall–Kier alpha value is -2.38. The predicted octanol–water partition coefficient (Wildman–Crippen LogP) is 2.82. The van der Waals surface area contributed by atoms with Crippen molar-refractivity contribution in [1.29, 1.82) is 0 Å². The monoisotopic (exact) mass is 347 g/mol. The summed E-state index contributed by atoms with van der Waals surface area (Å²) in [7, 11) is 0. The Morgan fingerprint density at radius 2 is 1.96 bits per heavy atom. The minimum absolute atomic E-state index is 0.127. The number of nitrogens with one attached hydrogen (secondary N) is 2. The van der Waals surface area contributed by atoms with Crippen LogP contribution in [0.4, 0.5) is 5.82 Å². The second-order valence-corrected chi connectivity index (χ2v) is 6.37. The average molecular weight is 348 g/mol. The maximum Gasteiger partial charge on any atom is 0.261 e. The van der Waals surface area contributed by atoms with E-state index in [4.69, 9.17) is 11.6 Å². The molecule has 0 saturated carbocycles. The van der Waals surface area contributed by atoms with E-state index in [9.17, 15) is 4.79 Å². The fourth-order valence-corrected chi connectivity index (χ4v) is 2.89. The zero-order valence-corrected chi connectivity index (χ0v) is 13.6. The van der Waals surface area contributed by atoms with E-state index in [-0.39, 0.29) is 5.91 Å². The number of anilines is 1. The van der Waals surface area contributed by atoms with Gasteiger partial charge in [-0.3, -0.25) is 4.79 Å². The third-order valence-electron chi connectivity index (χ3n) is 3.03. The van der Waals surface area contributed by atoms with Gasteiger partial charge in [0.05, 0.1) is 9.21 Å². The molecule has 3 aromatic rings. The van der Waals surface area contributed by atoms with Crippen molar-refractivity contribution in [3.8, 4) is 5.82 Å². The molecule has 6 nitrogen and oxygen atoms in total. The van der Waals surface area contributed by atoms with Gasteiger partial charge >= 0.3 is 0 Å². The smallest absolute Gasteiger partial charge is 0.261 e. The third kappa shape index (κ3) is 4.08. The Bertz CT molecular complexity index is 770. The van der Waals surface area contributed by atoms with Crippen LogP contribution in [0.3, 0.4) is 0 Å². The molecule has 0 spiro atoms. The Morgan fingerprint density at radius 3 is 2.61 bits per heavy atom. The van der Waals surface area contributed by atoms with Crippen molar-refractivity contribution in [1.82, 2.24) is 20.1 Å². The van der Waals surface area contributed by atoms with E-state index in [2.05, 4.69) is 20.8 Å². The molecule has 23 heavy (non-hydrogen) atoms. The standard InChI is InChI=1S/C15H14ClN5OS/c16-12-4-3-11(23-12)15(22)18-8-7-17-13-5-6-14(20-19-13)21-9-1-2-10-21/h1-6,9-10H,7-8H2,(H,17,19)(H,18,22). The van der Waals surface area contributed by atoms with Crippen LogP contribution in [-0.2, 0) is 0 Å². The molecule has 0 saturated heterocycles. The lowest BCUT2D eigenvalue weighted by Gasteiger charge is -2.07. The highest BCUT2D eigenvalue weighted by molar-refractivity contribution is 7.17. The van der Waals surface area contributed by atoms with Crippen LogP contribution in [0.1, 0.15) is 9.67 Å². The maximum atomic E-state index is 11.8. The first-order valence-corrected chi connectivity index (χ1v) is 8.16. The molecule has 0 aliphatic heterocycles. The molecule has 3 aromatic heterocycles. The average Bonchev–Trinajstić information content (AvgIpc) is 3.23. The Morgan fingerprint density at radius 1 is 1.13 bits per heavy atom. The molecule has 0 aliphatic rings. The van der Waals surface area contributed by atoms with Crippen LogP contribution in [0.2, 0.25) is 4.34 Å². The number of amides is 1. The summed E-state index contributed by atoms with van der Waals surface area (Å²) in [5, 5.41) is 14.2. The molecule has 8 heteroatoms. The molecule has 0 fully saturated rings. The summed E-state index contributed by atoms with van der Waals surface area (Å²) in [6.07, 6.45) is 3.81. The van der Waals surface area contributed by atoms with Crippen molar-refractivity contribution in [3.63, 3.8) is 0 Å². The van der Waals surface area contributed by atoms with Crippen LogP contribution in [0, 0.1) is 0 Å². The van der Waals surface area contributed by atoms with E-state index in [0.717, 1.165) is 5.82 Å². The molecule has 2 N–H and O–H groups in total. The number of carbonyl (C=O) groups is 1. The van der Waals surface area contributed by atoms with Gasteiger partial charge in [0.15, 0.2) is 5.82 Å². The fraction of sp³-hybridized carbons (Fsp3) is 0.133. The summed E-state index contributed by atoms with van der Waals surface area (Å²) in [6, 6.07) is 11.0. The van der Waals surface area contributed by atoms with Gasteiger partial charge in [-0.15, -0.1) is 21.5 Å². The molecule has 1 amide bonds. The highest BCUT2D eigenvalue weighted by Gasteiger charge is 2.07. The first-order valence-electron chi connectivity index (χ1n) is 6.97. The summed E-state index contributed by atoms with van der Waals surface area (Å²) < 4.78 is 2.48. The van der Waals surface area contributed by atoms with Gasteiger partial charge in [0.1, 0.15) is 5.82 Å². The van der Waals surface area contributed by atoms with Crippen molar-refractivity contribution in [3.05, 3.63) is 58.0 Å². The van der Waals surface area contributed by atoms with Crippen molar-refractivity contribution < 1.29 is 4.79 Å². The quantitative estimate of drug-likeness (QED) is 0.673. The van der Waals surface area contributed by atoms with Gasteiger partial charge < -0.3 is 15.2 Å². The molecule has 0 bridgehead atoms. The number of aromatic nitrogens is 3. The van der Waals surface area contributed by atoms with Crippen LogP contribution >= 0.6 is 22.9 Å². The number of rotatable bonds is 6. The number of carbonyl (C=O) groups excluding carboxylic acids is 1. The van der Waals surface area contributed by atoms with Gasteiger partial charge in [-0.25, -0.2) is 0 Å². The number of hydrogen-bond acceptors (Lipinski definition) is 5. The lowest BCUT2D eigenvalue weighted by Crippen LogP contribution is -2.28. The second kappa shape index (κ2) is 7.26. The van der Waals surface area contributed by atoms with E-state index < -0.39 is 0 Å². The molecule has 0 aromatic carbocycles. The van der Waals surface area contributed by atoms with Gasteiger partial charge in [0.25, 0.3) is 5.91 Å². The molecular formula is C15H14ClN5OS. The SMILES string of the molecule is O=C(NCCNc1ccc(-n2cccc2)nn1)c1ccc(Cl)s1.